The molecule has 1 heterocycles. The number of halogens is 1. The maximum atomic E-state index is 6.19. The summed E-state index contributed by atoms with van der Waals surface area (Å²) in [5.41, 5.74) is 3.02. The zero-order valence-corrected chi connectivity index (χ0v) is 15.2. The van der Waals surface area contributed by atoms with Crippen LogP contribution in [0.25, 0.3) is 0 Å². The summed E-state index contributed by atoms with van der Waals surface area (Å²) in [6.45, 7) is 6.67. The minimum Gasteiger partial charge on any atom is -0.489 e. The lowest BCUT2D eigenvalue weighted by Gasteiger charge is -2.10. The van der Waals surface area contributed by atoms with Crippen LogP contribution in [-0.4, -0.2) is 11.6 Å². The van der Waals surface area contributed by atoms with Gasteiger partial charge in [0.05, 0.1) is 5.02 Å². The Kier molecular flexibility index (Phi) is 6.00. The first kappa shape index (κ1) is 17.0. The Bertz CT molecular complexity index is 683. The summed E-state index contributed by atoms with van der Waals surface area (Å²) >= 11 is 13.2. The number of allylic oxidation sites excluding steroid dienone is 1. The third-order valence-electron chi connectivity index (χ3n) is 2.99. The Morgan fingerprint density at radius 2 is 2.18 bits per heavy atom. The summed E-state index contributed by atoms with van der Waals surface area (Å²) in [6.07, 6.45) is 2.04. The summed E-state index contributed by atoms with van der Waals surface area (Å²) in [7, 11) is 0. The number of hydrogen-bond acceptors (Lipinski definition) is 3. The summed E-state index contributed by atoms with van der Waals surface area (Å²) < 4.78 is 5.69. The highest BCUT2D eigenvalue weighted by molar-refractivity contribution is 7.81. The van der Waals surface area contributed by atoms with Crippen molar-refractivity contribution in [1.82, 2.24) is 0 Å². The zero-order chi connectivity index (χ0) is 16.1. The van der Waals surface area contributed by atoms with E-state index in [0.29, 0.717) is 16.6 Å². The SMILES string of the molecule is CC(C)=CCOc1cccc(NC(=S)c2c(Cl)csc2C)c1. The number of hydrogen-bond donors (Lipinski definition) is 1. The Morgan fingerprint density at radius 1 is 1.41 bits per heavy atom. The van der Waals surface area contributed by atoms with E-state index in [-0.39, 0.29) is 0 Å². The Hall–Kier alpha value is -1.36. The van der Waals surface area contributed by atoms with Gasteiger partial charge in [-0.25, -0.2) is 0 Å². The predicted molar refractivity (Wildman–Crippen MR) is 101 cm³/mol. The predicted octanol–water partition coefficient (Wildman–Crippen LogP) is 5.84. The molecule has 0 saturated heterocycles. The van der Waals surface area contributed by atoms with Gasteiger partial charge in [0, 0.05) is 27.6 Å². The third kappa shape index (κ3) is 4.57. The molecule has 0 amide bonds. The van der Waals surface area contributed by atoms with E-state index in [2.05, 4.69) is 5.32 Å². The molecule has 0 aliphatic rings. The minimum absolute atomic E-state index is 0.561. The second-order valence-electron chi connectivity index (χ2n) is 5.09. The molecule has 0 radical (unpaired) electrons. The lowest BCUT2D eigenvalue weighted by atomic mass is 10.2. The van der Waals surface area contributed by atoms with Crippen LogP contribution in [0.2, 0.25) is 5.02 Å². The lowest BCUT2D eigenvalue weighted by molar-refractivity contribution is 0.362. The molecular formula is C17H18ClNOS2. The van der Waals surface area contributed by atoms with Crippen LogP contribution < -0.4 is 10.1 Å². The molecule has 0 unspecified atom stereocenters. The van der Waals surface area contributed by atoms with Crippen LogP contribution in [0, 0.1) is 6.92 Å². The Balaban J connectivity index is 2.07. The van der Waals surface area contributed by atoms with E-state index < -0.39 is 0 Å². The summed E-state index contributed by atoms with van der Waals surface area (Å²) in [5, 5.41) is 5.82. The lowest BCUT2D eigenvalue weighted by Crippen LogP contribution is -2.11. The fourth-order valence-electron chi connectivity index (χ4n) is 1.86. The van der Waals surface area contributed by atoms with Crippen molar-refractivity contribution < 1.29 is 4.74 Å². The van der Waals surface area contributed by atoms with E-state index in [4.69, 9.17) is 28.6 Å². The standard InChI is InChI=1S/C17H18ClNOS2/c1-11(2)7-8-20-14-6-4-5-13(9-14)19-17(21)16-12(3)22-10-15(16)18/h4-7,9-10H,8H2,1-3H3,(H,19,21). The maximum Gasteiger partial charge on any atom is 0.121 e. The number of nitrogens with one attached hydrogen (secondary N) is 1. The average molecular weight is 352 g/mol. The fourth-order valence-corrected chi connectivity index (χ4v) is 3.51. The monoisotopic (exact) mass is 351 g/mol. The van der Waals surface area contributed by atoms with Crippen molar-refractivity contribution in [3.05, 3.63) is 56.8 Å². The van der Waals surface area contributed by atoms with Crippen LogP contribution >= 0.6 is 35.2 Å². The van der Waals surface area contributed by atoms with Gasteiger partial charge in [0.2, 0.25) is 0 Å². The van der Waals surface area contributed by atoms with Gasteiger partial charge in [0.1, 0.15) is 17.3 Å². The third-order valence-corrected chi connectivity index (χ3v) is 4.64. The highest BCUT2D eigenvalue weighted by atomic mass is 35.5. The molecule has 2 nitrogen and oxygen atoms in total. The smallest absolute Gasteiger partial charge is 0.121 e. The van der Waals surface area contributed by atoms with Gasteiger partial charge in [-0.15, -0.1) is 11.3 Å². The molecule has 0 fully saturated rings. The highest BCUT2D eigenvalue weighted by Crippen LogP contribution is 2.28. The normalized spacial score (nSPS) is 10.2. The number of thiophene rings is 1. The van der Waals surface area contributed by atoms with Crippen LogP contribution in [0.1, 0.15) is 24.3 Å². The van der Waals surface area contributed by atoms with Crippen LogP contribution in [0.3, 0.4) is 0 Å². The van der Waals surface area contributed by atoms with Crippen molar-refractivity contribution in [3.63, 3.8) is 0 Å². The fraction of sp³-hybridized carbons (Fsp3) is 0.235. The number of aryl methyl sites for hydroxylation is 1. The molecule has 2 aromatic rings. The van der Waals surface area contributed by atoms with E-state index in [9.17, 15) is 0 Å². The van der Waals surface area contributed by atoms with Gasteiger partial charge < -0.3 is 10.1 Å². The molecule has 0 saturated carbocycles. The largest absolute Gasteiger partial charge is 0.489 e. The van der Waals surface area contributed by atoms with E-state index in [0.717, 1.165) is 21.9 Å². The van der Waals surface area contributed by atoms with Crippen LogP contribution in [0.5, 0.6) is 5.75 Å². The molecule has 2 rings (SSSR count). The number of rotatable bonds is 5. The molecule has 0 aliphatic heterocycles. The number of thiocarbonyl (C=S) groups is 1. The van der Waals surface area contributed by atoms with Crippen LogP contribution in [0.4, 0.5) is 5.69 Å². The van der Waals surface area contributed by atoms with Gasteiger partial charge in [0.15, 0.2) is 0 Å². The Labute approximate surface area is 145 Å². The first-order chi connectivity index (χ1) is 10.5. The van der Waals surface area contributed by atoms with E-state index in [1.54, 1.807) is 11.3 Å². The number of anilines is 1. The molecule has 5 heteroatoms. The molecule has 0 atom stereocenters. The van der Waals surface area contributed by atoms with Crippen molar-refractivity contribution in [3.8, 4) is 5.75 Å². The van der Waals surface area contributed by atoms with Crippen LogP contribution in [-0.2, 0) is 0 Å². The molecule has 1 aromatic carbocycles. The minimum atomic E-state index is 0.561. The van der Waals surface area contributed by atoms with Gasteiger partial charge in [-0.1, -0.05) is 35.5 Å². The molecule has 1 aromatic heterocycles. The highest BCUT2D eigenvalue weighted by Gasteiger charge is 2.12. The molecule has 0 bridgehead atoms. The molecule has 0 aliphatic carbocycles. The van der Waals surface area contributed by atoms with Crippen molar-refractivity contribution in [2.24, 2.45) is 0 Å². The maximum absolute atomic E-state index is 6.19. The summed E-state index contributed by atoms with van der Waals surface area (Å²) in [5.74, 6) is 0.804. The second-order valence-corrected chi connectivity index (χ2v) is 6.99. The number of ether oxygens (including phenoxy) is 1. The quantitative estimate of drug-likeness (QED) is 0.540. The van der Waals surface area contributed by atoms with Crippen molar-refractivity contribution in [2.75, 3.05) is 11.9 Å². The zero-order valence-electron chi connectivity index (χ0n) is 12.8. The van der Waals surface area contributed by atoms with Gasteiger partial charge in [-0.2, -0.15) is 0 Å². The van der Waals surface area contributed by atoms with Crippen molar-refractivity contribution >= 4 is 45.8 Å². The van der Waals surface area contributed by atoms with Gasteiger partial charge in [0.25, 0.3) is 0 Å². The van der Waals surface area contributed by atoms with Gasteiger partial charge >= 0.3 is 0 Å². The van der Waals surface area contributed by atoms with Crippen molar-refractivity contribution in [2.45, 2.75) is 20.8 Å². The second kappa shape index (κ2) is 7.77. The molecule has 22 heavy (non-hydrogen) atoms. The van der Waals surface area contributed by atoms with Gasteiger partial charge in [-0.3, -0.25) is 0 Å². The topological polar surface area (TPSA) is 21.3 Å². The summed E-state index contributed by atoms with van der Waals surface area (Å²) in [4.78, 5) is 1.74. The first-order valence-corrected chi connectivity index (χ1v) is 8.55. The van der Waals surface area contributed by atoms with Crippen molar-refractivity contribution in [1.29, 1.82) is 0 Å². The van der Waals surface area contributed by atoms with Gasteiger partial charge in [-0.05, 0) is 39.0 Å². The number of benzene rings is 1. The molecular weight excluding hydrogens is 334 g/mol. The average Bonchev–Trinajstić information content (AvgIpc) is 2.78. The first-order valence-electron chi connectivity index (χ1n) is 6.88. The molecule has 0 spiro atoms. The summed E-state index contributed by atoms with van der Waals surface area (Å²) in [6, 6.07) is 7.75. The molecule has 116 valence electrons. The van der Waals surface area contributed by atoms with E-state index in [1.807, 2.05) is 56.5 Å². The van der Waals surface area contributed by atoms with Crippen LogP contribution in [0.15, 0.2) is 41.3 Å². The van der Waals surface area contributed by atoms with E-state index in [1.165, 1.54) is 5.57 Å². The molecule has 1 N–H and O–H groups in total. The van der Waals surface area contributed by atoms with E-state index >= 15 is 0 Å². The Morgan fingerprint density at radius 3 is 2.82 bits per heavy atom.